The SMILES string of the molecule is O=C(/C=C/c1ccc(Br)o1)Nc1ccc(CCO)cc1. The molecular weight excluding hydrogens is 322 g/mol. The average Bonchev–Trinajstić information content (AvgIpc) is 2.85. The molecule has 0 saturated carbocycles. The maximum absolute atomic E-state index is 11.7. The number of hydrogen-bond acceptors (Lipinski definition) is 3. The lowest BCUT2D eigenvalue weighted by Crippen LogP contribution is -2.07. The molecule has 0 atom stereocenters. The first-order valence-electron chi connectivity index (χ1n) is 6.11. The van der Waals surface area contributed by atoms with E-state index in [1.807, 2.05) is 12.1 Å². The Morgan fingerprint density at radius 2 is 2.00 bits per heavy atom. The van der Waals surface area contributed by atoms with Crippen LogP contribution in [0.2, 0.25) is 0 Å². The molecule has 0 unspecified atom stereocenters. The Morgan fingerprint density at radius 1 is 1.25 bits per heavy atom. The van der Waals surface area contributed by atoms with Crippen molar-refractivity contribution in [2.45, 2.75) is 6.42 Å². The molecule has 2 aromatic rings. The zero-order valence-corrected chi connectivity index (χ0v) is 12.3. The number of amides is 1. The van der Waals surface area contributed by atoms with E-state index < -0.39 is 0 Å². The maximum Gasteiger partial charge on any atom is 0.248 e. The average molecular weight is 336 g/mol. The Bertz CT molecular complexity index is 602. The first-order valence-corrected chi connectivity index (χ1v) is 6.91. The minimum atomic E-state index is -0.229. The predicted molar refractivity (Wildman–Crippen MR) is 81.3 cm³/mol. The summed E-state index contributed by atoms with van der Waals surface area (Å²) >= 11 is 3.19. The molecule has 5 heteroatoms. The van der Waals surface area contributed by atoms with Gasteiger partial charge in [0.15, 0.2) is 4.67 Å². The summed E-state index contributed by atoms with van der Waals surface area (Å²) in [6.07, 6.45) is 3.62. The van der Waals surface area contributed by atoms with Crippen LogP contribution >= 0.6 is 15.9 Å². The lowest BCUT2D eigenvalue weighted by molar-refractivity contribution is -0.111. The number of benzene rings is 1. The largest absolute Gasteiger partial charge is 0.450 e. The van der Waals surface area contributed by atoms with Gasteiger partial charge in [-0.1, -0.05) is 12.1 Å². The zero-order chi connectivity index (χ0) is 14.4. The van der Waals surface area contributed by atoms with Crippen LogP contribution in [-0.4, -0.2) is 17.6 Å². The number of rotatable bonds is 5. The Labute approximate surface area is 125 Å². The fourth-order valence-corrected chi connectivity index (χ4v) is 1.96. The van der Waals surface area contributed by atoms with E-state index in [-0.39, 0.29) is 12.5 Å². The number of furan rings is 1. The van der Waals surface area contributed by atoms with Gasteiger partial charge in [0.05, 0.1) is 0 Å². The lowest BCUT2D eigenvalue weighted by Gasteiger charge is -2.03. The number of aliphatic hydroxyl groups excluding tert-OH is 1. The van der Waals surface area contributed by atoms with Crippen molar-refractivity contribution >= 4 is 33.6 Å². The first kappa shape index (κ1) is 14.6. The van der Waals surface area contributed by atoms with E-state index in [0.29, 0.717) is 22.5 Å². The van der Waals surface area contributed by atoms with Crippen molar-refractivity contribution in [1.29, 1.82) is 0 Å². The van der Waals surface area contributed by atoms with Crippen molar-refractivity contribution in [3.8, 4) is 0 Å². The van der Waals surface area contributed by atoms with Gasteiger partial charge in [0.1, 0.15) is 5.76 Å². The molecule has 0 aliphatic heterocycles. The molecule has 0 fully saturated rings. The van der Waals surface area contributed by atoms with Gasteiger partial charge in [0, 0.05) is 18.4 Å². The van der Waals surface area contributed by atoms with Gasteiger partial charge in [-0.3, -0.25) is 4.79 Å². The van der Waals surface area contributed by atoms with Crippen molar-refractivity contribution in [3.05, 3.63) is 58.5 Å². The van der Waals surface area contributed by atoms with Crippen LogP contribution in [0.25, 0.3) is 6.08 Å². The number of nitrogens with one attached hydrogen (secondary N) is 1. The molecule has 4 nitrogen and oxygen atoms in total. The Morgan fingerprint density at radius 3 is 2.60 bits per heavy atom. The van der Waals surface area contributed by atoms with Crippen LogP contribution < -0.4 is 5.32 Å². The molecule has 0 spiro atoms. The molecule has 1 aromatic carbocycles. The van der Waals surface area contributed by atoms with Crippen LogP contribution in [0.15, 0.2) is 51.6 Å². The number of anilines is 1. The highest BCUT2D eigenvalue weighted by atomic mass is 79.9. The zero-order valence-electron chi connectivity index (χ0n) is 10.7. The molecule has 0 aliphatic rings. The van der Waals surface area contributed by atoms with Crippen molar-refractivity contribution < 1.29 is 14.3 Å². The third-order valence-corrected chi connectivity index (χ3v) is 3.04. The summed E-state index contributed by atoms with van der Waals surface area (Å²) in [7, 11) is 0. The normalized spacial score (nSPS) is 10.9. The summed E-state index contributed by atoms with van der Waals surface area (Å²) in [6.45, 7) is 0.118. The molecule has 2 N–H and O–H groups in total. The summed E-state index contributed by atoms with van der Waals surface area (Å²) in [5, 5.41) is 11.6. The van der Waals surface area contributed by atoms with Gasteiger partial charge in [-0.25, -0.2) is 0 Å². The smallest absolute Gasteiger partial charge is 0.248 e. The lowest BCUT2D eigenvalue weighted by atomic mass is 10.1. The van der Waals surface area contributed by atoms with Crippen LogP contribution in [0, 0.1) is 0 Å². The van der Waals surface area contributed by atoms with E-state index >= 15 is 0 Å². The third-order valence-electron chi connectivity index (χ3n) is 2.61. The van der Waals surface area contributed by atoms with Gasteiger partial charge in [0.2, 0.25) is 5.91 Å². The van der Waals surface area contributed by atoms with Crippen molar-refractivity contribution in [2.24, 2.45) is 0 Å². The Kier molecular flexibility index (Phi) is 5.15. The molecule has 1 heterocycles. The van der Waals surface area contributed by atoms with Gasteiger partial charge < -0.3 is 14.8 Å². The molecule has 0 bridgehead atoms. The monoisotopic (exact) mass is 335 g/mol. The van der Waals surface area contributed by atoms with E-state index in [4.69, 9.17) is 9.52 Å². The molecule has 0 radical (unpaired) electrons. The highest BCUT2D eigenvalue weighted by molar-refractivity contribution is 9.10. The molecule has 2 rings (SSSR count). The third kappa shape index (κ3) is 4.36. The summed E-state index contributed by atoms with van der Waals surface area (Å²) in [6, 6.07) is 10.9. The van der Waals surface area contributed by atoms with Crippen LogP contribution in [-0.2, 0) is 11.2 Å². The topological polar surface area (TPSA) is 62.5 Å². The standard InChI is InChI=1S/C15H14BrNO3/c16-14-7-5-13(20-14)6-8-15(19)17-12-3-1-11(2-4-12)9-10-18/h1-8,18H,9-10H2,(H,17,19)/b8-6+. The van der Waals surface area contributed by atoms with Crippen molar-refractivity contribution in [2.75, 3.05) is 11.9 Å². The van der Waals surface area contributed by atoms with Gasteiger partial charge in [0.25, 0.3) is 0 Å². The van der Waals surface area contributed by atoms with E-state index in [1.54, 1.807) is 30.3 Å². The molecule has 20 heavy (non-hydrogen) atoms. The van der Waals surface area contributed by atoms with Crippen LogP contribution in [0.3, 0.4) is 0 Å². The number of hydrogen-bond donors (Lipinski definition) is 2. The fraction of sp³-hybridized carbons (Fsp3) is 0.133. The van der Waals surface area contributed by atoms with Crippen molar-refractivity contribution in [3.63, 3.8) is 0 Å². The second kappa shape index (κ2) is 7.07. The van der Waals surface area contributed by atoms with Crippen LogP contribution in [0.1, 0.15) is 11.3 Å². The van der Waals surface area contributed by atoms with Crippen molar-refractivity contribution in [1.82, 2.24) is 0 Å². The van der Waals surface area contributed by atoms with E-state index in [1.165, 1.54) is 6.08 Å². The molecule has 0 aliphatic carbocycles. The number of aliphatic hydroxyl groups is 1. The Hall–Kier alpha value is -1.85. The number of halogens is 1. The highest BCUT2D eigenvalue weighted by Gasteiger charge is 2.00. The minimum absolute atomic E-state index is 0.118. The minimum Gasteiger partial charge on any atom is -0.450 e. The quantitative estimate of drug-likeness (QED) is 0.824. The van der Waals surface area contributed by atoms with E-state index in [0.717, 1.165) is 5.56 Å². The van der Waals surface area contributed by atoms with E-state index in [9.17, 15) is 4.79 Å². The van der Waals surface area contributed by atoms with E-state index in [2.05, 4.69) is 21.2 Å². The highest BCUT2D eigenvalue weighted by Crippen LogP contribution is 2.15. The number of carbonyl (C=O) groups excluding carboxylic acids is 1. The summed E-state index contributed by atoms with van der Waals surface area (Å²) in [5.74, 6) is 0.373. The van der Waals surface area contributed by atoms with Crippen LogP contribution in [0.4, 0.5) is 5.69 Å². The fourth-order valence-electron chi connectivity index (χ4n) is 1.64. The van der Waals surface area contributed by atoms with Gasteiger partial charge in [-0.15, -0.1) is 0 Å². The molecule has 1 aromatic heterocycles. The summed E-state index contributed by atoms with van der Waals surface area (Å²) in [5.41, 5.74) is 1.74. The molecular formula is C15H14BrNO3. The van der Waals surface area contributed by atoms with Gasteiger partial charge in [-0.2, -0.15) is 0 Å². The molecule has 104 valence electrons. The van der Waals surface area contributed by atoms with Gasteiger partial charge in [-0.05, 0) is 58.3 Å². The number of carbonyl (C=O) groups is 1. The summed E-state index contributed by atoms with van der Waals surface area (Å²) < 4.78 is 5.88. The second-order valence-electron chi connectivity index (χ2n) is 4.13. The second-order valence-corrected chi connectivity index (χ2v) is 4.92. The van der Waals surface area contributed by atoms with Crippen LogP contribution in [0.5, 0.6) is 0 Å². The molecule has 0 saturated heterocycles. The summed E-state index contributed by atoms with van der Waals surface area (Å²) in [4.78, 5) is 11.7. The Balaban J connectivity index is 1.92. The maximum atomic E-state index is 11.7. The predicted octanol–water partition coefficient (Wildman–Crippen LogP) is 3.23. The molecule has 1 amide bonds. The van der Waals surface area contributed by atoms with Gasteiger partial charge >= 0.3 is 0 Å². The first-order chi connectivity index (χ1) is 9.67.